The van der Waals surface area contributed by atoms with E-state index in [1.807, 2.05) is 91.0 Å². The average molecular weight is 431 g/mol. The van der Waals surface area contributed by atoms with Gasteiger partial charge in [0.1, 0.15) is 13.2 Å². The van der Waals surface area contributed by atoms with Crippen LogP contribution in [0.4, 0.5) is 0 Å². The van der Waals surface area contributed by atoms with Crippen molar-refractivity contribution in [3.63, 3.8) is 0 Å². The normalized spacial score (nSPS) is 13.1. The van der Waals surface area contributed by atoms with E-state index in [0.29, 0.717) is 24.7 Å². The second-order valence-corrected chi connectivity index (χ2v) is 8.22. The highest BCUT2D eigenvalue weighted by atomic mass is 16.5. The zero-order valence-corrected chi connectivity index (χ0v) is 19.1. The van der Waals surface area contributed by atoms with Gasteiger partial charge in [0, 0.05) is 0 Å². The van der Waals surface area contributed by atoms with E-state index in [0.717, 1.165) is 36.0 Å². The summed E-state index contributed by atoms with van der Waals surface area (Å²) < 4.78 is 12.2. The molecule has 0 aliphatic rings. The summed E-state index contributed by atoms with van der Waals surface area (Å²) in [5.41, 5.74) is 3.18. The maximum atomic E-state index is 10.4. The van der Waals surface area contributed by atoms with Gasteiger partial charge >= 0.3 is 0 Å². The van der Waals surface area contributed by atoms with Gasteiger partial charge in [0.2, 0.25) is 0 Å². The number of hydrogen-bond donors (Lipinski definition) is 1. The minimum atomic E-state index is -0.454. The van der Waals surface area contributed by atoms with Gasteiger partial charge in [-0.3, -0.25) is 0 Å². The lowest BCUT2D eigenvalue weighted by atomic mass is 9.97. The van der Waals surface area contributed by atoms with Crippen molar-refractivity contribution in [2.24, 2.45) is 5.92 Å². The first kappa shape index (κ1) is 23.6. The van der Waals surface area contributed by atoms with Crippen molar-refractivity contribution < 1.29 is 14.6 Å². The van der Waals surface area contributed by atoms with Crippen LogP contribution >= 0.6 is 0 Å². The fourth-order valence-corrected chi connectivity index (χ4v) is 3.43. The number of hydrogen-bond acceptors (Lipinski definition) is 3. The van der Waals surface area contributed by atoms with Crippen LogP contribution in [0, 0.1) is 5.92 Å². The van der Waals surface area contributed by atoms with Crippen molar-refractivity contribution in [1.29, 1.82) is 0 Å². The van der Waals surface area contributed by atoms with Gasteiger partial charge in [0.15, 0.2) is 11.5 Å². The molecule has 1 N–H and O–H groups in total. The van der Waals surface area contributed by atoms with Gasteiger partial charge < -0.3 is 14.6 Å². The standard InChI is InChI=1S/C29H34O3/c1-3-4-11-23(2)27(30)18-16-24-17-19-28(31-21-25-12-7-5-8-13-25)29(20-24)32-22-26-14-9-6-10-15-26/h5-10,12-20,23,27,30H,3-4,11,21-22H2,1-2H3. The molecule has 3 rings (SSSR count). The molecule has 3 nitrogen and oxygen atoms in total. The lowest BCUT2D eigenvalue weighted by Crippen LogP contribution is -2.14. The SMILES string of the molecule is CCCCC(C)C(O)C=Cc1ccc(OCc2ccccc2)c(OCc2ccccc2)c1. The second kappa shape index (κ2) is 12.7. The summed E-state index contributed by atoms with van der Waals surface area (Å²) in [5, 5.41) is 10.4. The summed E-state index contributed by atoms with van der Waals surface area (Å²) >= 11 is 0. The van der Waals surface area contributed by atoms with E-state index >= 15 is 0 Å². The lowest BCUT2D eigenvalue weighted by molar-refractivity contribution is 0.156. The van der Waals surface area contributed by atoms with Gasteiger partial charge in [-0.25, -0.2) is 0 Å². The molecule has 2 unspecified atom stereocenters. The first-order valence-corrected chi connectivity index (χ1v) is 11.5. The van der Waals surface area contributed by atoms with Crippen LogP contribution in [0.2, 0.25) is 0 Å². The maximum absolute atomic E-state index is 10.4. The molecule has 0 saturated heterocycles. The Hall–Kier alpha value is -3.04. The van der Waals surface area contributed by atoms with Crippen molar-refractivity contribution in [2.45, 2.75) is 52.4 Å². The highest BCUT2D eigenvalue weighted by Crippen LogP contribution is 2.31. The van der Waals surface area contributed by atoms with Crippen LogP contribution in [0.25, 0.3) is 6.08 Å². The Bertz CT molecular complexity index is 951. The van der Waals surface area contributed by atoms with E-state index in [1.165, 1.54) is 0 Å². The predicted molar refractivity (Wildman–Crippen MR) is 132 cm³/mol. The average Bonchev–Trinajstić information content (AvgIpc) is 2.85. The van der Waals surface area contributed by atoms with Crippen LogP contribution < -0.4 is 9.47 Å². The molecule has 0 saturated carbocycles. The zero-order chi connectivity index (χ0) is 22.6. The molecule has 32 heavy (non-hydrogen) atoms. The number of aliphatic hydroxyl groups is 1. The van der Waals surface area contributed by atoms with Gasteiger partial charge in [0.25, 0.3) is 0 Å². The fraction of sp³-hybridized carbons (Fsp3) is 0.310. The molecule has 2 atom stereocenters. The third kappa shape index (κ3) is 7.58. The molecular weight excluding hydrogens is 396 g/mol. The fourth-order valence-electron chi connectivity index (χ4n) is 3.43. The highest BCUT2D eigenvalue weighted by Gasteiger charge is 2.11. The Morgan fingerprint density at radius 3 is 2.00 bits per heavy atom. The molecule has 168 valence electrons. The Balaban J connectivity index is 1.73. The van der Waals surface area contributed by atoms with Crippen molar-refractivity contribution in [3.8, 4) is 11.5 Å². The Morgan fingerprint density at radius 2 is 1.41 bits per heavy atom. The number of benzene rings is 3. The molecule has 0 spiro atoms. The second-order valence-electron chi connectivity index (χ2n) is 8.22. The molecular formula is C29H34O3. The highest BCUT2D eigenvalue weighted by molar-refractivity contribution is 5.56. The van der Waals surface area contributed by atoms with E-state index in [9.17, 15) is 5.11 Å². The van der Waals surface area contributed by atoms with Gasteiger partial charge in [0.05, 0.1) is 6.10 Å². The maximum Gasteiger partial charge on any atom is 0.162 e. The zero-order valence-electron chi connectivity index (χ0n) is 19.1. The van der Waals surface area contributed by atoms with Crippen LogP contribution in [-0.2, 0) is 13.2 Å². The van der Waals surface area contributed by atoms with Gasteiger partial charge in [-0.05, 0) is 41.2 Å². The largest absolute Gasteiger partial charge is 0.485 e. The van der Waals surface area contributed by atoms with Gasteiger partial charge in [-0.2, -0.15) is 0 Å². The minimum absolute atomic E-state index is 0.244. The lowest BCUT2D eigenvalue weighted by Gasteiger charge is -2.16. The summed E-state index contributed by atoms with van der Waals surface area (Å²) in [5.74, 6) is 1.65. The van der Waals surface area contributed by atoms with Crippen molar-refractivity contribution in [2.75, 3.05) is 0 Å². The summed E-state index contributed by atoms with van der Waals surface area (Å²) in [6.45, 7) is 5.21. The molecule has 3 aromatic carbocycles. The molecule has 0 aliphatic heterocycles. The minimum Gasteiger partial charge on any atom is -0.485 e. The summed E-state index contributed by atoms with van der Waals surface area (Å²) in [4.78, 5) is 0. The van der Waals surface area contributed by atoms with Crippen LogP contribution in [0.3, 0.4) is 0 Å². The summed E-state index contributed by atoms with van der Waals surface area (Å²) in [6.07, 6.45) is 6.69. The van der Waals surface area contributed by atoms with Crippen molar-refractivity contribution >= 4 is 6.08 Å². The van der Waals surface area contributed by atoms with E-state index in [-0.39, 0.29) is 5.92 Å². The van der Waals surface area contributed by atoms with Crippen LogP contribution in [0.1, 0.15) is 49.8 Å². The first-order chi connectivity index (χ1) is 15.7. The molecule has 0 amide bonds. The Morgan fingerprint density at radius 1 is 0.812 bits per heavy atom. The number of rotatable bonds is 12. The van der Waals surface area contributed by atoms with Crippen LogP contribution in [-0.4, -0.2) is 11.2 Å². The third-order valence-electron chi connectivity index (χ3n) is 5.52. The quantitative estimate of drug-likeness (QED) is 0.335. The molecule has 0 aliphatic carbocycles. The molecule has 0 heterocycles. The van der Waals surface area contributed by atoms with Crippen molar-refractivity contribution in [1.82, 2.24) is 0 Å². The predicted octanol–water partition coefficient (Wildman–Crippen LogP) is 7.05. The smallest absolute Gasteiger partial charge is 0.162 e. The number of ether oxygens (including phenoxy) is 2. The van der Waals surface area contributed by atoms with E-state index in [1.54, 1.807) is 0 Å². The number of aliphatic hydroxyl groups excluding tert-OH is 1. The summed E-state index contributed by atoms with van der Waals surface area (Å²) in [6, 6.07) is 26.1. The van der Waals surface area contributed by atoms with Gasteiger partial charge in [-0.1, -0.05) is 106 Å². The van der Waals surface area contributed by atoms with Crippen LogP contribution in [0.15, 0.2) is 84.9 Å². The topological polar surface area (TPSA) is 38.7 Å². The third-order valence-corrected chi connectivity index (χ3v) is 5.52. The Kier molecular flexibility index (Phi) is 9.39. The first-order valence-electron chi connectivity index (χ1n) is 11.5. The Labute approximate surface area is 192 Å². The molecule has 3 heteroatoms. The monoisotopic (exact) mass is 430 g/mol. The van der Waals surface area contributed by atoms with E-state index in [4.69, 9.17) is 9.47 Å². The molecule has 0 fully saturated rings. The molecule has 3 aromatic rings. The van der Waals surface area contributed by atoms with Gasteiger partial charge in [-0.15, -0.1) is 0 Å². The molecule has 0 bridgehead atoms. The van der Waals surface area contributed by atoms with E-state index in [2.05, 4.69) is 13.8 Å². The summed E-state index contributed by atoms with van der Waals surface area (Å²) in [7, 11) is 0. The number of unbranched alkanes of at least 4 members (excludes halogenated alkanes) is 1. The molecule has 0 radical (unpaired) electrons. The van der Waals surface area contributed by atoms with Crippen molar-refractivity contribution in [3.05, 3.63) is 102 Å². The van der Waals surface area contributed by atoms with Crippen LogP contribution in [0.5, 0.6) is 11.5 Å². The van der Waals surface area contributed by atoms with E-state index < -0.39 is 6.10 Å². The molecule has 0 aromatic heterocycles.